The third-order valence-electron chi connectivity index (χ3n) is 3.63. The second-order valence-electron chi connectivity index (χ2n) is 5.47. The van der Waals surface area contributed by atoms with E-state index < -0.39 is 0 Å². The monoisotopic (exact) mass is 355 g/mol. The smallest absolute Gasteiger partial charge is 0.234 e. The van der Waals surface area contributed by atoms with Crippen molar-refractivity contribution in [3.63, 3.8) is 0 Å². The summed E-state index contributed by atoms with van der Waals surface area (Å²) in [5.74, 6) is 0.0766. The summed E-state index contributed by atoms with van der Waals surface area (Å²) in [5, 5.41) is 24.7. The predicted molar refractivity (Wildman–Crippen MR) is 96.1 cm³/mol. The van der Waals surface area contributed by atoms with Crippen molar-refractivity contribution in [3.8, 4) is 11.4 Å². The fourth-order valence-corrected chi connectivity index (χ4v) is 3.06. The third-order valence-corrected chi connectivity index (χ3v) is 4.55. The van der Waals surface area contributed by atoms with E-state index in [0.717, 1.165) is 16.8 Å². The molecule has 0 unspecified atom stereocenters. The number of hydrogen-bond acceptors (Lipinski definition) is 6. The molecule has 1 heterocycles. The Hall–Kier alpha value is -2.87. The lowest BCUT2D eigenvalue weighted by Crippen LogP contribution is -2.16. The standard InChI is InChI=1S/C17H17N5O2S/c1-11-6-5-7-12(2)16(11)18-15(24)10-25-17-19-20-21-22(17)13-8-3-4-9-14(13)23/h3-9,23H,10H2,1-2H3,(H,18,24). The molecule has 0 bridgehead atoms. The van der Waals surface area contributed by atoms with Crippen LogP contribution in [0.3, 0.4) is 0 Å². The fraction of sp³-hybridized carbons (Fsp3) is 0.176. The lowest BCUT2D eigenvalue weighted by Gasteiger charge is -2.11. The average molecular weight is 355 g/mol. The highest BCUT2D eigenvalue weighted by Gasteiger charge is 2.14. The number of nitrogens with zero attached hydrogens (tertiary/aromatic N) is 4. The van der Waals surface area contributed by atoms with Crippen molar-refractivity contribution in [1.82, 2.24) is 20.2 Å². The van der Waals surface area contributed by atoms with Crippen LogP contribution in [0.1, 0.15) is 11.1 Å². The van der Waals surface area contributed by atoms with Gasteiger partial charge in [-0.25, -0.2) is 0 Å². The van der Waals surface area contributed by atoms with Crippen LogP contribution in [0.4, 0.5) is 5.69 Å². The highest BCUT2D eigenvalue weighted by molar-refractivity contribution is 7.99. The maximum Gasteiger partial charge on any atom is 0.234 e. The third kappa shape index (κ3) is 3.80. The molecule has 8 heteroatoms. The first-order valence-electron chi connectivity index (χ1n) is 7.62. The van der Waals surface area contributed by atoms with Gasteiger partial charge >= 0.3 is 0 Å². The molecule has 0 saturated carbocycles. The van der Waals surface area contributed by atoms with Crippen molar-refractivity contribution in [2.45, 2.75) is 19.0 Å². The van der Waals surface area contributed by atoms with Gasteiger partial charge in [-0.15, -0.1) is 5.10 Å². The Morgan fingerprint density at radius 2 is 1.88 bits per heavy atom. The van der Waals surface area contributed by atoms with Crippen LogP contribution in [0, 0.1) is 13.8 Å². The maximum absolute atomic E-state index is 12.3. The van der Waals surface area contributed by atoms with Crippen LogP contribution < -0.4 is 5.32 Å². The second kappa shape index (κ2) is 7.35. The normalized spacial score (nSPS) is 10.6. The molecule has 7 nitrogen and oxygen atoms in total. The Bertz CT molecular complexity index is 889. The molecule has 0 spiro atoms. The van der Waals surface area contributed by atoms with Gasteiger partial charge in [0.2, 0.25) is 11.1 Å². The van der Waals surface area contributed by atoms with E-state index >= 15 is 0 Å². The number of rotatable bonds is 5. The zero-order valence-corrected chi connectivity index (χ0v) is 14.6. The average Bonchev–Trinajstić information content (AvgIpc) is 3.05. The number of thioether (sulfide) groups is 1. The molecule has 1 amide bonds. The molecule has 3 rings (SSSR count). The number of anilines is 1. The molecule has 25 heavy (non-hydrogen) atoms. The van der Waals surface area contributed by atoms with Crippen molar-refractivity contribution in [2.24, 2.45) is 0 Å². The lowest BCUT2D eigenvalue weighted by atomic mass is 10.1. The quantitative estimate of drug-likeness (QED) is 0.684. The molecule has 0 aliphatic carbocycles. The molecule has 0 aliphatic rings. The van der Waals surface area contributed by atoms with Crippen molar-refractivity contribution >= 4 is 23.4 Å². The zero-order valence-electron chi connectivity index (χ0n) is 13.8. The van der Waals surface area contributed by atoms with Crippen LogP contribution in [-0.4, -0.2) is 37.0 Å². The Morgan fingerprint density at radius 3 is 2.60 bits per heavy atom. The molecule has 3 aromatic rings. The zero-order chi connectivity index (χ0) is 17.8. The number of aryl methyl sites for hydroxylation is 2. The molecule has 2 N–H and O–H groups in total. The molecule has 0 saturated heterocycles. The van der Waals surface area contributed by atoms with Crippen LogP contribution in [0.25, 0.3) is 5.69 Å². The van der Waals surface area contributed by atoms with Gasteiger partial charge in [0.15, 0.2) is 0 Å². The largest absolute Gasteiger partial charge is 0.506 e. The van der Waals surface area contributed by atoms with Gasteiger partial charge in [0.05, 0.1) is 5.75 Å². The van der Waals surface area contributed by atoms with Crippen molar-refractivity contribution in [1.29, 1.82) is 0 Å². The number of nitrogens with one attached hydrogen (secondary N) is 1. The van der Waals surface area contributed by atoms with Gasteiger partial charge < -0.3 is 10.4 Å². The Labute approximate surface area is 149 Å². The first kappa shape index (κ1) is 17.0. The number of para-hydroxylation sites is 3. The van der Waals surface area contributed by atoms with Gasteiger partial charge in [0, 0.05) is 5.69 Å². The van der Waals surface area contributed by atoms with E-state index in [1.54, 1.807) is 24.3 Å². The summed E-state index contributed by atoms with van der Waals surface area (Å²) in [6.45, 7) is 3.91. The second-order valence-corrected chi connectivity index (χ2v) is 6.41. The number of aromatic hydroxyl groups is 1. The predicted octanol–water partition coefficient (Wildman–Crippen LogP) is 2.72. The van der Waals surface area contributed by atoms with E-state index in [0.29, 0.717) is 10.8 Å². The van der Waals surface area contributed by atoms with Crippen molar-refractivity contribution in [3.05, 3.63) is 53.6 Å². The van der Waals surface area contributed by atoms with Gasteiger partial charge in [-0.1, -0.05) is 42.1 Å². The van der Waals surface area contributed by atoms with E-state index in [2.05, 4.69) is 20.8 Å². The summed E-state index contributed by atoms with van der Waals surface area (Å²) in [4.78, 5) is 12.3. The molecular weight excluding hydrogens is 338 g/mol. The number of phenols is 1. The van der Waals surface area contributed by atoms with Crippen LogP contribution in [0.2, 0.25) is 0 Å². The van der Waals surface area contributed by atoms with Crippen molar-refractivity contribution < 1.29 is 9.90 Å². The van der Waals surface area contributed by atoms with Gasteiger partial charge in [-0.2, -0.15) is 4.68 Å². The van der Waals surface area contributed by atoms with Crippen LogP contribution >= 0.6 is 11.8 Å². The molecule has 0 aliphatic heterocycles. The van der Waals surface area contributed by atoms with Gasteiger partial charge in [0.1, 0.15) is 11.4 Å². The van der Waals surface area contributed by atoms with Gasteiger partial charge in [-0.05, 0) is 47.5 Å². The number of amides is 1. The Morgan fingerprint density at radius 1 is 1.16 bits per heavy atom. The van der Waals surface area contributed by atoms with Crippen LogP contribution in [-0.2, 0) is 4.79 Å². The summed E-state index contributed by atoms with van der Waals surface area (Å²) in [6, 6.07) is 12.6. The first-order chi connectivity index (χ1) is 12.1. The number of hydrogen-bond donors (Lipinski definition) is 2. The minimum Gasteiger partial charge on any atom is -0.506 e. The summed E-state index contributed by atoms with van der Waals surface area (Å²) in [7, 11) is 0. The van der Waals surface area contributed by atoms with Crippen molar-refractivity contribution in [2.75, 3.05) is 11.1 Å². The van der Waals surface area contributed by atoms with E-state index in [4.69, 9.17) is 0 Å². The molecule has 1 aromatic heterocycles. The van der Waals surface area contributed by atoms with Gasteiger partial charge in [0.25, 0.3) is 0 Å². The summed E-state index contributed by atoms with van der Waals surface area (Å²) in [5.41, 5.74) is 3.31. The number of aromatic nitrogens is 4. The summed E-state index contributed by atoms with van der Waals surface area (Å²) in [6.07, 6.45) is 0. The Kier molecular flexibility index (Phi) is 4.99. The number of phenolic OH excluding ortho intramolecular Hbond substituents is 1. The number of benzene rings is 2. The minimum absolute atomic E-state index is 0.0663. The first-order valence-corrected chi connectivity index (χ1v) is 8.60. The van der Waals surface area contributed by atoms with E-state index in [1.165, 1.54) is 16.4 Å². The van der Waals surface area contributed by atoms with E-state index in [-0.39, 0.29) is 17.4 Å². The summed E-state index contributed by atoms with van der Waals surface area (Å²) < 4.78 is 1.41. The van der Waals surface area contributed by atoms with Crippen LogP contribution in [0.15, 0.2) is 47.6 Å². The molecule has 0 fully saturated rings. The van der Waals surface area contributed by atoms with Crippen LogP contribution in [0.5, 0.6) is 5.75 Å². The molecular formula is C17H17N5O2S. The SMILES string of the molecule is Cc1cccc(C)c1NC(=O)CSc1nnnn1-c1ccccc1O. The summed E-state index contributed by atoms with van der Waals surface area (Å²) >= 11 is 1.20. The molecule has 0 radical (unpaired) electrons. The minimum atomic E-state index is -0.144. The van der Waals surface area contributed by atoms with Gasteiger partial charge in [-0.3, -0.25) is 4.79 Å². The van der Waals surface area contributed by atoms with E-state index in [1.807, 2.05) is 32.0 Å². The number of carbonyl (C=O) groups excluding carboxylic acids is 1. The highest BCUT2D eigenvalue weighted by atomic mass is 32.2. The fourth-order valence-electron chi connectivity index (χ4n) is 2.38. The Balaban J connectivity index is 1.70. The topological polar surface area (TPSA) is 92.9 Å². The molecule has 2 aromatic carbocycles. The number of carbonyl (C=O) groups is 1. The molecule has 0 atom stereocenters. The highest BCUT2D eigenvalue weighted by Crippen LogP contribution is 2.25. The van der Waals surface area contributed by atoms with E-state index in [9.17, 15) is 9.90 Å². The lowest BCUT2D eigenvalue weighted by molar-refractivity contribution is -0.113. The maximum atomic E-state index is 12.3. The molecule has 128 valence electrons. The number of tetrazole rings is 1.